The highest BCUT2D eigenvalue weighted by molar-refractivity contribution is 7.47. The summed E-state index contributed by atoms with van der Waals surface area (Å²) in [5.74, 6) is -0.637. The van der Waals surface area contributed by atoms with Gasteiger partial charge in [-0.05, 0) is 37.5 Å². The largest absolute Gasteiger partial charge is 0.472 e. The quantitative estimate of drug-likeness (QED) is 0.0222. The molecule has 0 fully saturated rings. The molecule has 0 radical (unpaired) electrons. The maximum absolute atomic E-state index is 13.1. The first-order valence-corrected chi connectivity index (χ1v) is 41.5. The van der Waals surface area contributed by atoms with Gasteiger partial charge in [-0.1, -0.05) is 330 Å². The highest BCUT2D eigenvalue weighted by atomic mass is 31.2. The average molecular weight is 1370 g/mol. The van der Waals surface area contributed by atoms with Crippen molar-refractivity contribution in [2.45, 2.75) is 400 Å². The van der Waals surface area contributed by atoms with E-state index in [9.17, 15) is 43.2 Å². The van der Waals surface area contributed by atoms with Crippen LogP contribution in [0, 0.1) is 11.8 Å². The van der Waals surface area contributed by atoms with Crippen LogP contribution in [-0.2, 0) is 65.4 Å². The highest BCUT2D eigenvalue weighted by Gasteiger charge is 2.30. The number of esters is 4. The van der Waals surface area contributed by atoms with Gasteiger partial charge in [-0.15, -0.1) is 0 Å². The molecule has 0 amide bonds. The predicted octanol–water partition coefficient (Wildman–Crippen LogP) is 21.6. The van der Waals surface area contributed by atoms with Gasteiger partial charge >= 0.3 is 39.5 Å². The van der Waals surface area contributed by atoms with E-state index in [0.29, 0.717) is 31.6 Å². The van der Waals surface area contributed by atoms with Crippen LogP contribution in [0.1, 0.15) is 382 Å². The summed E-state index contributed by atoms with van der Waals surface area (Å²) < 4.78 is 68.4. The molecule has 0 aromatic rings. The van der Waals surface area contributed by atoms with Crippen molar-refractivity contribution in [2.75, 3.05) is 39.6 Å². The minimum Gasteiger partial charge on any atom is -0.462 e. The van der Waals surface area contributed by atoms with Crippen molar-refractivity contribution in [3.63, 3.8) is 0 Å². The van der Waals surface area contributed by atoms with Gasteiger partial charge in [0.15, 0.2) is 12.2 Å². The van der Waals surface area contributed by atoms with Crippen molar-refractivity contribution >= 4 is 39.5 Å². The van der Waals surface area contributed by atoms with Gasteiger partial charge in [0.1, 0.15) is 19.3 Å². The molecule has 0 spiro atoms. The lowest BCUT2D eigenvalue weighted by atomic mass is 9.99. The summed E-state index contributed by atoms with van der Waals surface area (Å²) in [5, 5.41) is 10.6. The Labute approximate surface area is 568 Å². The Morgan fingerprint density at radius 2 is 0.548 bits per heavy atom. The molecule has 0 aromatic carbocycles. The number of aliphatic hydroxyl groups excluding tert-OH is 1. The third-order valence-corrected chi connectivity index (χ3v) is 19.5. The molecular weight excluding hydrogens is 1220 g/mol. The van der Waals surface area contributed by atoms with Crippen LogP contribution in [0.4, 0.5) is 0 Å². The second kappa shape index (κ2) is 66.0. The Morgan fingerprint density at radius 3 is 0.817 bits per heavy atom. The molecule has 0 aliphatic carbocycles. The maximum Gasteiger partial charge on any atom is 0.472 e. The molecule has 6 atom stereocenters. The second-order valence-corrected chi connectivity index (χ2v) is 30.3. The Bertz CT molecular complexity index is 1810. The van der Waals surface area contributed by atoms with Crippen LogP contribution in [0.15, 0.2) is 0 Å². The van der Waals surface area contributed by atoms with E-state index >= 15 is 0 Å². The van der Waals surface area contributed by atoms with Crippen LogP contribution >= 0.6 is 15.6 Å². The van der Waals surface area contributed by atoms with Crippen molar-refractivity contribution in [3.8, 4) is 0 Å². The summed E-state index contributed by atoms with van der Waals surface area (Å²) in [6.45, 7) is 9.53. The minimum absolute atomic E-state index is 0.106. The summed E-state index contributed by atoms with van der Waals surface area (Å²) in [6.07, 6.45) is 52.8. The van der Waals surface area contributed by atoms with Gasteiger partial charge in [0.05, 0.1) is 26.4 Å². The minimum atomic E-state index is -4.96. The number of aliphatic hydroxyl groups is 1. The molecule has 0 saturated carbocycles. The van der Waals surface area contributed by atoms with Crippen molar-refractivity contribution in [1.82, 2.24) is 0 Å². The molecule has 0 aliphatic heterocycles. The fraction of sp³-hybridized carbons (Fsp3) is 0.946. The molecule has 0 bridgehead atoms. The van der Waals surface area contributed by atoms with Gasteiger partial charge in [-0.25, -0.2) is 9.13 Å². The molecular formula is C74H144O17P2. The van der Waals surface area contributed by atoms with Gasteiger partial charge in [0.2, 0.25) is 0 Å². The van der Waals surface area contributed by atoms with E-state index in [1.54, 1.807) is 0 Å². The van der Waals surface area contributed by atoms with Gasteiger partial charge in [-0.3, -0.25) is 37.3 Å². The number of hydrogen-bond acceptors (Lipinski definition) is 15. The van der Waals surface area contributed by atoms with Crippen LogP contribution in [-0.4, -0.2) is 96.7 Å². The third-order valence-electron chi connectivity index (χ3n) is 17.6. The monoisotopic (exact) mass is 1370 g/mol. The van der Waals surface area contributed by atoms with Gasteiger partial charge in [-0.2, -0.15) is 0 Å². The Balaban J connectivity index is 5.22. The van der Waals surface area contributed by atoms with E-state index in [2.05, 4.69) is 41.5 Å². The highest BCUT2D eigenvalue weighted by Crippen LogP contribution is 2.45. The Hall–Kier alpha value is -1.94. The zero-order valence-electron chi connectivity index (χ0n) is 60.6. The molecule has 552 valence electrons. The van der Waals surface area contributed by atoms with E-state index in [1.165, 1.54) is 193 Å². The summed E-state index contributed by atoms with van der Waals surface area (Å²) in [4.78, 5) is 72.7. The lowest BCUT2D eigenvalue weighted by Crippen LogP contribution is -2.30. The second-order valence-electron chi connectivity index (χ2n) is 27.4. The van der Waals surface area contributed by atoms with Crippen molar-refractivity contribution in [2.24, 2.45) is 11.8 Å². The SMILES string of the molecule is CCCCCCCCCCCCCCCCCCCCCC(=O)O[C@H](COC(=O)CCCCCCCCCCC(C)CC)COP(=O)(O)OC[C@@H](O)COP(=O)(O)OC[C@@H](COC(=O)CCCCCCCCCC(C)C)OC(=O)CCCCCCCCCCCCCC. The number of phosphoric acid groups is 2. The fourth-order valence-electron chi connectivity index (χ4n) is 11.3. The number of carbonyl (C=O) groups excluding carboxylic acids is 4. The lowest BCUT2D eigenvalue weighted by Gasteiger charge is -2.21. The smallest absolute Gasteiger partial charge is 0.462 e. The summed E-state index contributed by atoms with van der Waals surface area (Å²) in [7, 11) is -9.91. The standard InChI is InChI=1S/C74H144O17P2/c1-7-10-12-14-16-18-20-22-23-24-25-26-27-28-30-32-40-47-53-59-74(79)90-69(62-84-71(76)56-50-44-38-34-33-37-43-49-55-67(6)9-3)64-88-92(80,81)86-60-68(75)61-87-93(82,83)89-65-70(63-85-72(77)57-51-45-41-35-36-42-48-54-66(4)5)91-73(78)58-52-46-39-31-29-21-19-17-15-13-11-8-2/h66-70,75H,7-65H2,1-6H3,(H,80,81)(H,82,83)/t67?,68-,69-,70-/m1/s1. The van der Waals surface area contributed by atoms with Crippen LogP contribution in [0.25, 0.3) is 0 Å². The van der Waals surface area contributed by atoms with Crippen LogP contribution in [0.5, 0.6) is 0 Å². The van der Waals surface area contributed by atoms with E-state index in [1.807, 2.05) is 0 Å². The number of rotatable bonds is 73. The topological polar surface area (TPSA) is 237 Å². The summed E-state index contributed by atoms with van der Waals surface area (Å²) >= 11 is 0. The molecule has 3 N–H and O–H groups in total. The van der Waals surface area contributed by atoms with E-state index < -0.39 is 97.5 Å². The fourth-order valence-corrected chi connectivity index (χ4v) is 12.8. The van der Waals surface area contributed by atoms with Gasteiger partial charge in [0.25, 0.3) is 0 Å². The number of ether oxygens (including phenoxy) is 4. The predicted molar refractivity (Wildman–Crippen MR) is 377 cm³/mol. The molecule has 19 heteroatoms. The first kappa shape index (κ1) is 91.1. The van der Waals surface area contributed by atoms with E-state index in [-0.39, 0.29) is 25.7 Å². The van der Waals surface area contributed by atoms with Crippen LogP contribution in [0.2, 0.25) is 0 Å². The summed E-state index contributed by atoms with van der Waals surface area (Å²) in [6, 6.07) is 0. The molecule has 0 aromatic heterocycles. The zero-order chi connectivity index (χ0) is 68.6. The van der Waals surface area contributed by atoms with Crippen LogP contribution < -0.4 is 0 Å². The zero-order valence-corrected chi connectivity index (χ0v) is 62.3. The molecule has 93 heavy (non-hydrogen) atoms. The molecule has 0 saturated heterocycles. The number of hydrogen-bond donors (Lipinski definition) is 3. The van der Waals surface area contributed by atoms with E-state index in [0.717, 1.165) is 102 Å². The number of carbonyl (C=O) groups is 4. The molecule has 0 aliphatic rings. The first-order valence-electron chi connectivity index (χ1n) is 38.5. The Kier molecular flexibility index (Phi) is 64.6. The van der Waals surface area contributed by atoms with Gasteiger partial charge < -0.3 is 33.8 Å². The van der Waals surface area contributed by atoms with Crippen molar-refractivity contribution in [3.05, 3.63) is 0 Å². The average Bonchev–Trinajstić information content (AvgIpc) is 1.98. The number of unbranched alkanes of at least 4 members (excludes halogenated alkanes) is 42. The van der Waals surface area contributed by atoms with E-state index in [4.69, 9.17) is 37.0 Å². The van der Waals surface area contributed by atoms with Crippen molar-refractivity contribution < 1.29 is 80.2 Å². The molecule has 3 unspecified atom stereocenters. The Morgan fingerprint density at radius 1 is 0.312 bits per heavy atom. The maximum atomic E-state index is 13.1. The third kappa shape index (κ3) is 67.0. The lowest BCUT2D eigenvalue weighted by molar-refractivity contribution is -0.161. The number of phosphoric ester groups is 2. The molecule has 0 rings (SSSR count). The van der Waals surface area contributed by atoms with Gasteiger partial charge in [0, 0.05) is 25.7 Å². The normalized spacial score (nSPS) is 14.3. The summed E-state index contributed by atoms with van der Waals surface area (Å²) in [5.41, 5.74) is 0. The first-order chi connectivity index (χ1) is 44.9. The van der Waals surface area contributed by atoms with Crippen molar-refractivity contribution in [1.29, 1.82) is 0 Å². The van der Waals surface area contributed by atoms with Crippen LogP contribution in [0.3, 0.4) is 0 Å². The molecule has 17 nitrogen and oxygen atoms in total. The molecule has 0 heterocycles.